The molecule has 1 atom stereocenters. The van der Waals surface area contributed by atoms with E-state index in [0.717, 1.165) is 12.0 Å². The first-order valence-corrected chi connectivity index (χ1v) is 8.16. The van der Waals surface area contributed by atoms with E-state index in [1.54, 1.807) is 6.07 Å². The summed E-state index contributed by atoms with van der Waals surface area (Å²) in [7, 11) is 0. The van der Waals surface area contributed by atoms with Gasteiger partial charge in [0.25, 0.3) is 0 Å². The van der Waals surface area contributed by atoms with E-state index < -0.39 is 11.4 Å². The molecule has 2 N–H and O–H groups in total. The smallest absolute Gasteiger partial charge is 0.750 e. The van der Waals surface area contributed by atoms with Crippen molar-refractivity contribution in [2.75, 3.05) is 0 Å². The van der Waals surface area contributed by atoms with E-state index in [0.29, 0.717) is 5.75 Å². The van der Waals surface area contributed by atoms with Crippen molar-refractivity contribution in [1.82, 2.24) is 0 Å². The van der Waals surface area contributed by atoms with Crippen LogP contribution in [-0.4, -0.2) is 18.4 Å². The van der Waals surface area contributed by atoms with Crippen molar-refractivity contribution in [2.45, 2.75) is 58.3 Å². The average molecular weight is 324 g/mol. The molecule has 1 aromatic carbocycles. The van der Waals surface area contributed by atoms with Crippen LogP contribution in [0.3, 0.4) is 0 Å². The Hall–Kier alpha value is 0.0900. The number of benzene rings is 1. The van der Waals surface area contributed by atoms with Crippen LogP contribution in [0.1, 0.15) is 57.4 Å². The number of hydrogen-bond acceptors (Lipinski definition) is 3. The van der Waals surface area contributed by atoms with E-state index in [2.05, 4.69) is 6.92 Å². The summed E-state index contributed by atoms with van der Waals surface area (Å²) in [5.74, 6) is 0.452. The Morgan fingerprint density at radius 1 is 1.05 bits per heavy atom. The number of aromatic hydroxyl groups is 1. The van der Waals surface area contributed by atoms with Crippen LogP contribution in [-0.2, 0) is 17.8 Å². The number of para-hydroxylation sites is 1. The molecule has 0 aliphatic rings. The van der Waals surface area contributed by atoms with Crippen molar-refractivity contribution in [1.29, 1.82) is 0 Å². The summed E-state index contributed by atoms with van der Waals surface area (Å²) in [5, 5.41) is 9.58. The largest absolute Gasteiger partial charge is 1.00 e. The van der Waals surface area contributed by atoms with Crippen LogP contribution in [0.25, 0.3) is 0 Å². The molecule has 4 nitrogen and oxygen atoms in total. The third-order valence-electron chi connectivity index (χ3n) is 3.04. The molecule has 1 aromatic rings. The molecule has 0 heterocycles. The van der Waals surface area contributed by atoms with Crippen LogP contribution >= 0.6 is 0 Å². The van der Waals surface area contributed by atoms with Gasteiger partial charge in [-0.1, -0.05) is 63.6 Å². The summed E-state index contributed by atoms with van der Waals surface area (Å²) < 4.78 is 24.1. The maximum Gasteiger partial charge on any atom is 1.00 e. The number of unbranched alkanes of at least 4 members (excludes halogenated alkanes) is 6. The van der Waals surface area contributed by atoms with E-state index in [1.165, 1.54) is 44.9 Å². The predicted molar refractivity (Wildman–Crippen MR) is 81.4 cm³/mol. The molecular formula is C15H25NaO4S. The first-order valence-electron chi connectivity index (χ1n) is 7.13. The van der Waals surface area contributed by atoms with Crippen molar-refractivity contribution in [3.63, 3.8) is 0 Å². The Bertz CT molecular complexity index is 370. The Labute approximate surface area is 152 Å². The number of hydrogen-bond donors (Lipinski definition) is 2. The van der Waals surface area contributed by atoms with Gasteiger partial charge in [0.05, 0.1) is 11.4 Å². The molecule has 0 radical (unpaired) electrons. The normalized spacial score (nSPS) is 11.0. The fourth-order valence-corrected chi connectivity index (χ4v) is 1.99. The van der Waals surface area contributed by atoms with Crippen LogP contribution in [0, 0.1) is 0 Å². The summed E-state index contributed by atoms with van der Waals surface area (Å²) in [5.41, 5.74) is 1.09. The van der Waals surface area contributed by atoms with Crippen LogP contribution in [0.15, 0.2) is 24.3 Å². The van der Waals surface area contributed by atoms with Crippen molar-refractivity contribution < 1.29 is 48.0 Å². The summed E-state index contributed by atoms with van der Waals surface area (Å²) in [6, 6.07) is 7.67. The van der Waals surface area contributed by atoms with E-state index in [9.17, 15) is 5.11 Å². The summed E-state index contributed by atoms with van der Waals surface area (Å²) in [6.45, 7) is 2.25. The van der Waals surface area contributed by atoms with Gasteiger partial charge in [-0.2, -0.15) is 0 Å². The van der Waals surface area contributed by atoms with Gasteiger partial charge in [0.15, 0.2) is 0 Å². The van der Waals surface area contributed by atoms with E-state index >= 15 is 0 Å². The fourth-order valence-electron chi connectivity index (χ4n) is 1.99. The predicted octanol–water partition coefficient (Wildman–Crippen LogP) is 1.03. The Balaban J connectivity index is 0. The number of rotatable bonds is 8. The van der Waals surface area contributed by atoms with Crippen molar-refractivity contribution in [2.24, 2.45) is 0 Å². The van der Waals surface area contributed by atoms with Gasteiger partial charge < -0.3 is 14.2 Å². The van der Waals surface area contributed by atoms with E-state index in [-0.39, 0.29) is 29.6 Å². The molecule has 0 bridgehead atoms. The molecule has 0 fully saturated rings. The molecule has 6 heteroatoms. The average Bonchev–Trinajstić information content (AvgIpc) is 2.39. The maximum atomic E-state index is 9.58. The topological polar surface area (TPSA) is 80.6 Å². The van der Waals surface area contributed by atoms with Crippen LogP contribution in [0.2, 0.25) is 0 Å². The molecule has 0 aromatic heterocycles. The van der Waals surface area contributed by atoms with Gasteiger partial charge in [-0.15, -0.1) is 0 Å². The minimum absolute atomic E-state index is 0. The molecule has 0 aliphatic carbocycles. The monoisotopic (exact) mass is 324 g/mol. The molecule has 1 unspecified atom stereocenters. The third-order valence-corrected chi connectivity index (χ3v) is 3.04. The van der Waals surface area contributed by atoms with Crippen molar-refractivity contribution >= 4 is 11.4 Å². The summed E-state index contributed by atoms with van der Waals surface area (Å²) in [4.78, 5) is 0. The second-order valence-electron chi connectivity index (χ2n) is 4.72. The molecule has 0 aliphatic heterocycles. The number of phenols is 1. The Morgan fingerprint density at radius 2 is 1.52 bits per heavy atom. The Morgan fingerprint density at radius 3 is 2.05 bits per heavy atom. The third kappa shape index (κ3) is 16.3. The molecule has 0 saturated heterocycles. The summed E-state index contributed by atoms with van der Waals surface area (Å²) >= 11 is -2.86. The quantitative estimate of drug-likeness (QED) is 0.425. The first-order chi connectivity index (χ1) is 9.57. The molecule has 0 saturated carbocycles. The van der Waals surface area contributed by atoms with Gasteiger partial charge in [0, 0.05) is 0 Å². The van der Waals surface area contributed by atoms with Crippen molar-refractivity contribution in [3.05, 3.63) is 29.8 Å². The van der Waals surface area contributed by atoms with E-state index in [4.69, 9.17) is 13.3 Å². The van der Waals surface area contributed by atoms with Crippen molar-refractivity contribution in [3.8, 4) is 5.75 Å². The zero-order valence-corrected chi connectivity index (χ0v) is 15.9. The molecule has 116 valence electrons. The van der Waals surface area contributed by atoms with Crippen LogP contribution in [0.5, 0.6) is 5.75 Å². The molecule has 21 heavy (non-hydrogen) atoms. The molecular weight excluding hydrogens is 299 g/mol. The van der Waals surface area contributed by atoms with Crippen LogP contribution < -0.4 is 29.6 Å². The number of aryl methyl sites for hydroxylation is 1. The zero-order chi connectivity index (χ0) is 15.2. The second-order valence-corrected chi connectivity index (χ2v) is 5.15. The summed E-state index contributed by atoms with van der Waals surface area (Å²) in [6.07, 6.45) is 10.3. The molecule has 1 rings (SSSR count). The molecule has 0 amide bonds. The fraction of sp³-hybridized carbons (Fsp3) is 0.600. The van der Waals surface area contributed by atoms with Gasteiger partial charge in [-0.25, -0.2) is 4.21 Å². The Kier molecular flexibility index (Phi) is 18.3. The van der Waals surface area contributed by atoms with E-state index in [1.807, 2.05) is 18.2 Å². The molecule has 0 spiro atoms. The standard InChI is InChI=1S/C15H24O.Na.H2O3S/c1-2-3-4-5-6-7-8-11-14-12-9-10-13-15(14)16;;1-4(2)3/h9-10,12-13,16H,2-8,11H2,1H3;;(H2,1,2,3)/q;+1;/p-1. The van der Waals surface area contributed by atoms with Gasteiger partial charge in [-0.05, 0) is 24.5 Å². The van der Waals surface area contributed by atoms with Gasteiger partial charge >= 0.3 is 29.6 Å². The number of phenolic OH excluding ortho intramolecular Hbond substituents is 1. The minimum atomic E-state index is -2.86. The second kappa shape index (κ2) is 16.5. The first kappa shape index (κ1) is 23.4. The maximum absolute atomic E-state index is 9.58. The van der Waals surface area contributed by atoms with Gasteiger partial charge in [-0.3, -0.25) is 0 Å². The minimum Gasteiger partial charge on any atom is -0.750 e. The zero-order valence-electron chi connectivity index (χ0n) is 13.1. The SMILES string of the molecule is CCCCCCCCCc1ccccc1O.O=S([O-])O.[Na+]. The van der Waals surface area contributed by atoms with Gasteiger partial charge in [0.2, 0.25) is 0 Å². The van der Waals surface area contributed by atoms with Crippen LogP contribution in [0.4, 0.5) is 0 Å². The van der Waals surface area contributed by atoms with Gasteiger partial charge in [0.1, 0.15) is 5.75 Å².